The lowest BCUT2D eigenvalue weighted by Crippen LogP contribution is -2.47. The molecule has 0 atom stereocenters. The van der Waals surface area contributed by atoms with Crippen LogP contribution in [0, 0.1) is 0 Å². The van der Waals surface area contributed by atoms with E-state index in [0.717, 1.165) is 23.3 Å². The summed E-state index contributed by atoms with van der Waals surface area (Å²) < 4.78 is 0. The summed E-state index contributed by atoms with van der Waals surface area (Å²) in [7, 11) is 0. The molecule has 4 amide bonds. The SMILES string of the molecule is NCCN(CCc1ccccc1)C(=O)CN1C(=O)NC2(CCCC2)C1=O. The summed E-state index contributed by atoms with van der Waals surface area (Å²) in [6.07, 6.45) is 3.86. The molecule has 2 aliphatic rings. The van der Waals surface area contributed by atoms with Crippen LogP contribution in [0.1, 0.15) is 31.2 Å². The predicted octanol–water partition coefficient (Wildman–Crippen LogP) is 0.881. The van der Waals surface area contributed by atoms with E-state index in [2.05, 4.69) is 5.32 Å². The molecule has 3 N–H and O–H groups in total. The quantitative estimate of drug-likeness (QED) is 0.707. The van der Waals surface area contributed by atoms with Gasteiger partial charge in [0.2, 0.25) is 5.91 Å². The molecule has 0 unspecified atom stereocenters. The van der Waals surface area contributed by atoms with Crippen molar-refractivity contribution in [2.45, 2.75) is 37.6 Å². The molecule has 7 heteroatoms. The third-order valence-electron chi connectivity index (χ3n) is 5.26. The monoisotopic (exact) mass is 358 g/mol. The average molecular weight is 358 g/mol. The van der Waals surface area contributed by atoms with Gasteiger partial charge in [-0.1, -0.05) is 43.2 Å². The number of carbonyl (C=O) groups is 3. The predicted molar refractivity (Wildman–Crippen MR) is 97.2 cm³/mol. The zero-order chi connectivity index (χ0) is 18.6. The van der Waals surface area contributed by atoms with Gasteiger partial charge < -0.3 is 16.0 Å². The van der Waals surface area contributed by atoms with E-state index in [1.165, 1.54) is 0 Å². The maximum atomic E-state index is 12.7. The van der Waals surface area contributed by atoms with Gasteiger partial charge in [-0.25, -0.2) is 4.79 Å². The van der Waals surface area contributed by atoms with Gasteiger partial charge in [-0.15, -0.1) is 0 Å². The van der Waals surface area contributed by atoms with Crippen LogP contribution in [-0.4, -0.2) is 59.4 Å². The smallest absolute Gasteiger partial charge is 0.325 e. The molecule has 1 saturated heterocycles. The molecule has 1 aliphatic heterocycles. The van der Waals surface area contributed by atoms with Crippen molar-refractivity contribution < 1.29 is 14.4 Å². The Hall–Kier alpha value is -2.41. The van der Waals surface area contributed by atoms with E-state index in [-0.39, 0.29) is 18.4 Å². The summed E-state index contributed by atoms with van der Waals surface area (Å²) in [5.41, 5.74) is 5.99. The first-order valence-electron chi connectivity index (χ1n) is 9.22. The normalized spacial score (nSPS) is 18.4. The van der Waals surface area contributed by atoms with Crippen LogP contribution in [0.25, 0.3) is 0 Å². The van der Waals surface area contributed by atoms with Gasteiger partial charge in [0.05, 0.1) is 0 Å². The Morgan fingerprint density at radius 2 is 1.85 bits per heavy atom. The van der Waals surface area contributed by atoms with Gasteiger partial charge in [-0.2, -0.15) is 0 Å². The highest BCUT2D eigenvalue weighted by molar-refractivity contribution is 6.09. The Bertz CT molecular complexity index is 671. The Balaban J connectivity index is 1.62. The number of nitrogens with two attached hydrogens (primary N) is 1. The minimum atomic E-state index is -0.778. The first-order chi connectivity index (χ1) is 12.6. The fraction of sp³-hybridized carbons (Fsp3) is 0.526. The van der Waals surface area contributed by atoms with Crippen molar-refractivity contribution in [3.63, 3.8) is 0 Å². The number of rotatable bonds is 7. The highest BCUT2D eigenvalue weighted by atomic mass is 16.2. The van der Waals surface area contributed by atoms with E-state index in [1.54, 1.807) is 4.90 Å². The van der Waals surface area contributed by atoms with Crippen molar-refractivity contribution in [1.29, 1.82) is 0 Å². The summed E-state index contributed by atoms with van der Waals surface area (Å²) in [5, 5.41) is 2.81. The average Bonchev–Trinajstić information content (AvgIpc) is 3.20. The number of nitrogens with one attached hydrogen (secondary N) is 1. The lowest BCUT2D eigenvalue weighted by Gasteiger charge is -2.25. The second kappa shape index (κ2) is 7.86. The molecule has 1 saturated carbocycles. The number of benzene rings is 1. The first kappa shape index (κ1) is 18.4. The summed E-state index contributed by atoms with van der Waals surface area (Å²) >= 11 is 0. The van der Waals surface area contributed by atoms with Crippen LogP contribution in [0.2, 0.25) is 0 Å². The van der Waals surface area contributed by atoms with E-state index in [1.807, 2.05) is 30.3 Å². The molecule has 1 aromatic rings. The summed E-state index contributed by atoms with van der Waals surface area (Å²) in [6, 6.07) is 9.42. The fourth-order valence-electron chi connectivity index (χ4n) is 3.80. The molecule has 26 heavy (non-hydrogen) atoms. The van der Waals surface area contributed by atoms with E-state index < -0.39 is 11.6 Å². The number of nitrogens with zero attached hydrogens (tertiary/aromatic N) is 2. The molecule has 0 aromatic heterocycles. The second-order valence-corrected chi connectivity index (χ2v) is 7.02. The fourth-order valence-corrected chi connectivity index (χ4v) is 3.80. The zero-order valence-corrected chi connectivity index (χ0v) is 14.9. The van der Waals surface area contributed by atoms with Crippen LogP contribution in [0.15, 0.2) is 30.3 Å². The van der Waals surface area contributed by atoms with E-state index in [9.17, 15) is 14.4 Å². The number of urea groups is 1. The van der Waals surface area contributed by atoms with Crippen molar-refractivity contribution in [3.05, 3.63) is 35.9 Å². The van der Waals surface area contributed by atoms with Gasteiger partial charge in [0.25, 0.3) is 5.91 Å². The molecule has 140 valence electrons. The van der Waals surface area contributed by atoms with E-state index >= 15 is 0 Å². The molecule has 3 rings (SSSR count). The van der Waals surface area contributed by atoms with Gasteiger partial charge in [-0.3, -0.25) is 14.5 Å². The van der Waals surface area contributed by atoms with Crippen LogP contribution >= 0.6 is 0 Å². The minimum Gasteiger partial charge on any atom is -0.340 e. The number of hydrogen-bond donors (Lipinski definition) is 2. The molecule has 7 nitrogen and oxygen atoms in total. The van der Waals surface area contributed by atoms with Gasteiger partial charge in [0.1, 0.15) is 12.1 Å². The number of imide groups is 1. The van der Waals surface area contributed by atoms with Crippen molar-refractivity contribution in [2.75, 3.05) is 26.2 Å². The molecule has 0 bridgehead atoms. The largest absolute Gasteiger partial charge is 0.340 e. The Morgan fingerprint density at radius 3 is 2.50 bits per heavy atom. The minimum absolute atomic E-state index is 0.221. The second-order valence-electron chi connectivity index (χ2n) is 7.02. The molecular weight excluding hydrogens is 332 g/mol. The Labute approximate surface area is 153 Å². The van der Waals surface area contributed by atoms with Crippen molar-refractivity contribution in [3.8, 4) is 0 Å². The summed E-state index contributed by atoms with van der Waals surface area (Å²) in [6.45, 7) is 1.03. The van der Waals surface area contributed by atoms with Crippen LogP contribution in [0.3, 0.4) is 0 Å². The maximum absolute atomic E-state index is 12.7. The molecule has 1 aliphatic carbocycles. The molecule has 2 fully saturated rings. The highest BCUT2D eigenvalue weighted by Crippen LogP contribution is 2.34. The summed E-state index contributed by atoms with van der Waals surface area (Å²) in [5.74, 6) is -0.506. The standard InChI is InChI=1S/C19H26N4O3/c20-11-13-22(12-8-15-6-2-1-3-7-15)16(24)14-23-17(25)19(21-18(23)26)9-4-5-10-19/h1-3,6-7H,4-5,8-14,20H2,(H,21,26). The van der Waals surface area contributed by atoms with Crippen LogP contribution < -0.4 is 11.1 Å². The number of hydrogen-bond acceptors (Lipinski definition) is 4. The lowest BCUT2D eigenvalue weighted by atomic mass is 9.98. The highest BCUT2D eigenvalue weighted by Gasteiger charge is 2.52. The van der Waals surface area contributed by atoms with Crippen LogP contribution in [0.5, 0.6) is 0 Å². The van der Waals surface area contributed by atoms with Crippen molar-refractivity contribution >= 4 is 17.8 Å². The lowest BCUT2D eigenvalue weighted by molar-refractivity contribution is -0.138. The first-order valence-corrected chi connectivity index (χ1v) is 9.22. The number of amides is 4. The van der Waals surface area contributed by atoms with Crippen molar-refractivity contribution in [1.82, 2.24) is 15.1 Å². The molecule has 0 radical (unpaired) electrons. The topological polar surface area (TPSA) is 95.7 Å². The van der Waals surface area contributed by atoms with E-state index in [4.69, 9.17) is 5.73 Å². The van der Waals surface area contributed by atoms with Crippen LogP contribution in [-0.2, 0) is 16.0 Å². The van der Waals surface area contributed by atoms with Gasteiger partial charge in [0.15, 0.2) is 0 Å². The van der Waals surface area contributed by atoms with Gasteiger partial charge >= 0.3 is 6.03 Å². The van der Waals surface area contributed by atoms with E-state index in [0.29, 0.717) is 38.9 Å². The van der Waals surface area contributed by atoms with Gasteiger partial charge in [0, 0.05) is 19.6 Å². The third-order valence-corrected chi connectivity index (χ3v) is 5.26. The maximum Gasteiger partial charge on any atom is 0.325 e. The molecule has 1 heterocycles. The van der Waals surface area contributed by atoms with Gasteiger partial charge in [-0.05, 0) is 24.8 Å². The Kier molecular flexibility index (Phi) is 5.56. The summed E-state index contributed by atoms with van der Waals surface area (Å²) in [4.78, 5) is 40.3. The Morgan fingerprint density at radius 1 is 1.15 bits per heavy atom. The molecule has 1 aromatic carbocycles. The zero-order valence-electron chi connectivity index (χ0n) is 14.9. The van der Waals surface area contributed by atoms with Crippen molar-refractivity contribution in [2.24, 2.45) is 5.73 Å². The van der Waals surface area contributed by atoms with Crippen LogP contribution in [0.4, 0.5) is 4.79 Å². The number of carbonyl (C=O) groups excluding carboxylic acids is 3. The molecule has 1 spiro atoms. The molecular formula is C19H26N4O3. The third kappa shape index (κ3) is 3.72.